The Morgan fingerprint density at radius 3 is 1.92 bits per heavy atom. The van der Waals surface area contributed by atoms with Gasteiger partial charge in [0.05, 0.1) is 55.8 Å². The van der Waals surface area contributed by atoms with Gasteiger partial charge in [-0.15, -0.1) is 0 Å². The molecule has 0 spiro atoms. The Morgan fingerprint density at radius 1 is 0.730 bits per heavy atom. The largest absolute Gasteiger partial charge is 0.492 e. The Morgan fingerprint density at radius 2 is 1.35 bits per heavy atom. The van der Waals surface area contributed by atoms with E-state index in [4.69, 9.17) is 33.2 Å². The van der Waals surface area contributed by atoms with Crippen LogP contribution in [0.25, 0.3) is 21.8 Å². The smallest absolute Gasteiger partial charge is 0.204 e. The SMILES string of the molecule is COc1c(OC)c(C(OC)OC)c2c(c1OC)c(=O)c1ccc(OCc3ccccc3)c(OC)c1n2C. The van der Waals surface area contributed by atoms with Crippen LogP contribution in [0.3, 0.4) is 0 Å². The molecule has 0 aliphatic heterocycles. The zero-order chi connectivity index (χ0) is 26.7. The van der Waals surface area contributed by atoms with Crippen molar-refractivity contribution >= 4 is 21.8 Å². The minimum absolute atomic E-state index is 0.245. The summed E-state index contributed by atoms with van der Waals surface area (Å²) in [6.45, 7) is 0.337. The molecular formula is C28H31NO8. The van der Waals surface area contributed by atoms with Gasteiger partial charge in [-0.2, -0.15) is 0 Å². The van der Waals surface area contributed by atoms with E-state index in [1.807, 2.05) is 41.9 Å². The number of aromatic nitrogens is 1. The Labute approximate surface area is 215 Å². The first-order valence-corrected chi connectivity index (χ1v) is 11.5. The second kappa shape index (κ2) is 11.0. The molecule has 3 aromatic carbocycles. The lowest BCUT2D eigenvalue weighted by molar-refractivity contribution is -0.106. The monoisotopic (exact) mass is 509 g/mol. The van der Waals surface area contributed by atoms with E-state index in [1.165, 1.54) is 35.5 Å². The van der Waals surface area contributed by atoms with Crippen LogP contribution < -0.4 is 29.1 Å². The highest BCUT2D eigenvalue weighted by Crippen LogP contribution is 2.49. The van der Waals surface area contributed by atoms with Gasteiger partial charge in [0.15, 0.2) is 29.3 Å². The van der Waals surface area contributed by atoms with E-state index in [0.29, 0.717) is 51.2 Å². The van der Waals surface area contributed by atoms with Gasteiger partial charge >= 0.3 is 0 Å². The number of ether oxygens (including phenoxy) is 7. The molecule has 0 amide bonds. The third kappa shape index (κ3) is 4.30. The summed E-state index contributed by atoms with van der Waals surface area (Å²) in [5.41, 5.74) is 2.22. The van der Waals surface area contributed by atoms with Gasteiger partial charge in [-0.05, 0) is 17.7 Å². The van der Waals surface area contributed by atoms with Crippen molar-refractivity contribution < 1.29 is 33.2 Å². The van der Waals surface area contributed by atoms with Gasteiger partial charge in [-0.1, -0.05) is 30.3 Å². The van der Waals surface area contributed by atoms with E-state index in [2.05, 4.69) is 0 Å². The van der Waals surface area contributed by atoms with Crippen LogP contribution in [0.2, 0.25) is 0 Å². The molecule has 0 radical (unpaired) electrons. The Hall–Kier alpha value is -3.95. The fraction of sp³-hybridized carbons (Fsp3) is 0.321. The molecule has 1 heterocycles. The first-order valence-electron chi connectivity index (χ1n) is 11.5. The molecule has 0 atom stereocenters. The maximum absolute atomic E-state index is 14.0. The number of pyridine rings is 1. The number of methoxy groups -OCH3 is 6. The molecule has 1 aromatic heterocycles. The zero-order valence-corrected chi connectivity index (χ0v) is 22.0. The number of nitrogens with zero attached hydrogens (tertiary/aromatic N) is 1. The van der Waals surface area contributed by atoms with Gasteiger partial charge in [0.25, 0.3) is 0 Å². The number of hydrogen-bond acceptors (Lipinski definition) is 8. The quantitative estimate of drug-likeness (QED) is 0.227. The van der Waals surface area contributed by atoms with Crippen LogP contribution >= 0.6 is 0 Å². The summed E-state index contributed by atoms with van der Waals surface area (Å²) >= 11 is 0. The molecule has 196 valence electrons. The minimum atomic E-state index is -0.871. The lowest BCUT2D eigenvalue weighted by Gasteiger charge is -2.25. The molecule has 9 nitrogen and oxygen atoms in total. The lowest BCUT2D eigenvalue weighted by Crippen LogP contribution is -2.17. The molecule has 9 heteroatoms. The summed E-state index contributed by atoms with van der Waals surface area (Å²) < 4.78 is 42.1. The molecule has 0 unspecified atom stereocenters. The average molecular weight is 510 g/mol. The Balaban J connectivity index is 2.13. The molecule has 0 aliphatic rings. The lowest BCUT2D eigenvalue weighted by atomic mass is 10.0. The normalized spacial score (nSPS) is 11.2. The Bertz CT molecular complexity index is 1480. The van der Waals surface area contributed by atoms with Crippen LogP contribution in [-0.2, 0) is 23.1 Å². The first-order chi connectivity index (χ1) is 18.0. The van der Waals surface area contributed by atoms with Crippen molar-refractivity contribution in [3.63, 3.8) is 0 Å². The summed E-state index contributed by atoms with van der Waals surface area (Å²) in [5.74, 6) is 1.75. The third-order valence-corrected chi connectivity index (χ3v) is 6.33. The first kappa shape index (κ1) is 26.1. The van der Waals surface area contributed by atoms with E-state index < -0.39 is 6.29 Å². The van der Waals surface area contributed by atoms with Crippen LogP contribution in [-0.4, -0.2) is 47.2 Å². The summed E-state index contributed by atoms with van der Waals surface area (Å²) in [6, 6.07) is 13.3. The predicted octanol–water partition coefficient (Wildman–Crippen LogP) is 4.60. The maximum Gasteiger partial charge on any atom is 0.204 e. The third-order valence-electron chi connectivity index (χ3n) is 6.33. The molecule has 0 N–H and O–H groups in total. The summed E-state index contributed by atoms with van der Waals surface area (Å²) in [6.07, 6.45) is -0.871. The fourth-order valence-corrected chi connectivity index (χ4v) is 4.74. The molecule has 4 aromatic rings. The Kier molecular flexibility index (Phi) is 7.75. The average Bonchev–Trinajstić information content (AvgIpc) is 2.94. The zero-order valence-electron chi connectivity index (χ0n) is 22.0. The number of hydrogen-bond donors (Lipinski definition) is 0. The van der Waals surface area contributed by atoms with Crippen LogP contribution in [0, 0.1) is 0 Å². The van der Waals surface area contributed by atoms with Crippen LogP contribution in [0.5, 0.6) is 28.7 Å². The number of rotatable bonds is 10. The number of aryl methyl sites for hydroxylation is 1. The van der Waals surface area contributed by atoms with Gasteiger partial charge in [0.1, 0.15) is 6.61 Å². The molecule has 0 fully saturated rings. The van der Waals surface area contributed by atoms with Crippen molar-refractivity contribution in [1.29, 1.82) is 0 Å². The molecule has 0 bridgehead atoms. The van der Waals surface area contributed by atoms with Crippen LogP contribution in [0.15, 0.2) is 47.3 Å². The molecule has 0 saturated heterocycles. The molecule has 4 rings (SSSR count). The minimum Gasteiger partial charge on any atom is -0.492 e. The topological polar surface area (TPSA) is 86.6 Å². The highest BCUT2D eigenvalue weighted by Gasteiger charge is 2.32. The van der Waals surface area contributed by atoms with Crippen molar-refractivity contribution in [2.45, 2.75) is 12.9 Å². The summed E-state index contributed by atoms with van der Waals surface area (Å²) in [7, 11) is 10.8. The van der Waals surface area contributed by atoms with E-state index in [-0.39, 0.29) is 16.9 Å². The van der Waals surface area contributed by atoms with Gasteiger partial charge in [0, 0.05) is 21.3 Å². The number of fused-ring (bicyclic) bond motifs is 2. The molecule has 0 saturated carbocycles. The highest BCUT2D eigenvalue weighted by molar-refractivity contribution is 6.03. The predicted molar refractivity (Wildman–Crippen MR) is 140 cm³/mol. The standard InChI is InChI=1S/C28H31NO8/c1-29-21-17(13-14-18(24(21)31-2)37-15-16-11-9-8-10-12-16)23(30)19-22(29)20(28(35-6)36-7)26(33-4)27(34-5)25(19)32-3/h8-14,28H,15H2,1-7H3. The van der Waals surface area contributed by atoms with Crippen molar-refractivity contribution in [2.24, 2.45) is 7.05 Å². The van der Waals surface area contributed by atoms with Gasteiger partial charge in [0.2, 0.25) is 11.2 Å². The van der Waals surface area contributed by atoms with Crippen molar-refractivity contribution in [3.8, 4) is 28.7 Å². The number of benzene rings is 3. The molecule has 0 aliphatic carbocycles. The molecule has 37 heavy (non-hydrogen) atoms. The van der Waals surface area contributed by atoms with Crippen LogP contribution in [0.1, 0.15) is 17.4 Å². The highest BCUT2D eigenvalue weighted by atomic mass is 16.7. The summed E-state index contributed by atoms with van der Waals surface area (Å²) in [5, 5.41) is 0.714. The second-order valence-electron chi connectivity index (χ2n) is 8.20. The van der Waals surface area contributed by atoms with Crippen LogP contribution in [0.4, 0.5) is 0 Å². The van der Waals surface area contributed by atoms with E-state index in [9.17, 15) is 4.79 Å². The maximum atomic E-state index is 14.0. The molecular weight excluding hydrogens is 478 g/mol. The summed E-state index contributed by atoms with van der Waals surface area (Å²) in [4.78, 5) is 14.0. The van der Waals surface area contributed by atoms with E-state index >= 15 is 0 Å². The van der Waals surface area contributed by atoms with Crippen molar-refractivity contribution in [3.05, 3.63) is 63.8 Å². The van der Waals surface area contributed by atoms with Gasteiger partial charge in [-0.25, -0.2) is 0 Å². The van der Waals surface area contributed by atoms with Crippen molar-refractivity contribution in [1.82, 2.24) is 4.57 Å². The van der Waals surface area contributed by atoms with E-state index in [0.717, 1.165) is 5.56 Å². The van der Waals surface area contributed by atoms with Gasteiger partial charge in [-0.3, -0.25) is 4.79 Å². The van der Waals surface area contributed by atoms with Gasteiger partial charge < -0.3 is 37.7 Å². The van der Waals surface area contributed by atoms with E-state index in [1.54, 1.807) is 19.2 Å². The van der Waals surface area contributed by atoms with Crippen molar-refractivity contribution in [2.75, 3.05) is 42.7 Å². The fourth-order valence-electron chi connectivity index (χ4n) is 4.74. The second-order valence-corrected chi connectivity index (χ2v) is 8.20.